The molecule has 2 atom stereocenters. The average molecular weight is 234 g/mol. The van der Waals surface area contributed by atoms with Gasteiger partial charge in [0.2, 0.25) is 0 Å². The minimum atomic E-state index is 0.565. The van der Waals surface area contributed by atoms with Crippen LogP contribution in [0.1, 0.15) is 57.9 Å². The van der Waals surface area contributed by atoms with Gasteiger partial charge in [-0.25, -0.2) is 0 Å². The highest BCUT2D eigenvalue weighted by Gasteiger charge is 2.17. The zero-order valence-corrected chi connectivity index (χ0v) is 11.4. The monoisotopic (exact) mass is 234 g/mol. The standard InChI is InChI=1S/C15H26N2/c1-4-6-7-8-15(17-5-2)13(3)14-9-11-16-12-10-14/h9-13,15,17H,4-8H2,1-3H3. The van der Waals surface area contributed by atoms with E-state index in [1.165, 1.54) is 31.2 Å². The van der Waals surface area contributed by atoms with Crippen LogP contribution in [0.3, 0.4) is 0 Å². The van der Waals surface area contributed by atoms with Crippen molar-refractivity contribution in [3.05, 3.63) is 30.1 Å². The Morgan fingerprint density at radius 1 is 1.18 bits per heavy atom. The van der Waals surface area contributed by atoms with E-state index < -0.39 is 0 Å². The molecule has 0 saturated carbocycles. The molecule has 0 radical (unpaired) electrons. The number of likely N-dealkylation sites (N-methyl/N-ethyl adjacent to an activating group) is 1. The van der Waals surface area contributed by atoms with Gasteiger partial charge in [0.15, 0.2) is 0 Å². The van der Waals surface area contributed by atoms with Crippen LogP contribution in [0.2, 0.25) is 0 Å². The van der Waals surface area contributed by atoms with Gasteiger partial charge in [-0.1, -0.05) is 40.0 Å². The molecule has 1 aromatic rings. The number of hydrogen-bond donors (Lipinski definition) is 1. The highest BCUT2D eigenvalue weighted by molar-refractivity contribution is 5.17. The lowest BCUT2D eigenvalue weighted by atomic mass is 9.90. The number of pyridine rings is 1. The molecule has 2 heteroatoms. The molecule has 0 aliphatic carbocycles. The number of rotatable bonds is 8. The first-order valence-corrected chi connectivity index (χ1v) is 6.92. The van der Waals surface area contributed by atoms with Gasteiger partial charge in [0.1, 0.15) is 0 Å². The second-order valence-corrected chi connectivity index (χ2v) is 4.73. The Morgan fingerprint density at radius 2 is 1.88 bits per heavy atom. The first kappa shape index (κ1) is 14.2. The summed E-state index contributed by atoms with van der Waals surface area (Å²) in [5, 5.41) is 3.62. The van der Waals surface area contributed by atoms with Crippen molar-refractivity contribution in [2.45, 2.75) is 58.4 Å². The third-order valence-corrected chi connectivity index (χ3v) is 3.42. The maximum Gasteiger partial charge on any atom is 0.0270 e. The van der Waals surface area contributed by atoms with E-state index >= 15 is 0 Å². The van der Waals surface area contributed by atoms with Gasteiger partial charge in [0.05, 0.1) is 0 Å². The quantitative estimate of drug-likeness (QED) is 0.693. The molecule has 0 aromatic carbocycles. The zero-order valence-electron chi connectivity index (χ0n) is 11.4. The SMILES string of the molecule is CCCCCC(NCC)C(C)c1ccncc1. The molecule has 0 aliphatic heterocycles. The molecule has 17 heavy (non-hydrogen) atoms. The third kappa shape index (κ3) is 4.86. The van der Waals surface area contributed by atoms with Crippen LogP contribution in [0.25, 0.3) is 0 Å². The summed E-state index contributed by atoms with van der Waals surface area (Å²) in [5.41, 5.74) is 1.39. The van der Waals surface area contributed by atoms with Crippen molar-refractivity contribution in [3.63, 3.8) is 0 Å². The van der Waals surface area contributed by atoms with Crippen molar-refractivity contribution in [2.24, 2.45) is 0 Å². The molecule has 2 unspecified atom stereocenters. The zero-order chi connectivity index (χ0) is 12.5. The van der Waals surface area contributed by atoms with Gasteiger partial charge in [-0.2, -0.15) is 0 Å². The molecule has 0 fully saturated rings. The van der Waals surface area contributed by atoms with Crippen molar-refractivity contribution < 1.29 is 0 Å². The Balaban J connectivity index is 2.56. The van der Waals surface area contributed by atoms with E-state index in [1.54, 1.807) is 0 Å². The Labute approximate surface area is 106 Å². The number of nitrogens with one attached hydrogen (secondary N) is 1. The highest BCUT2D eigenvalue weighted by Crippen LogP contribution is 2.22. The summed E-state index contributed by atoms with van der Waals surface area (Å²) < 4.78 is 0. The van der Waals surface area contributed by atoms with Gasteiger partial charge in [-0.15, -0.1) is 0 Å². The van der Waals surface area contributed by atoms with Crippen LogP contribution in [-0.2, 0) is 0 Å². The molecular weight excluding hydrogens is 208 g/mol. The molecule has 2 nitrogen and oxygen atoms in total. The van der Waals surface area contributed by atoms with E-state index in [-0.39, 0.29) is 0 Å². The predicted molar refractivity (Wildman–Crippen MR) is 74.3 cm³/mol. The normalized spacial score (nSPS) is 14.5. The van der Waals surface area contributed by atoms with Crippen molar-refractivity contribution in [1.29, 1.82) is 0 Å². The molecule has 0 aliphatic rings. The van der Waals surface area contributed by atoms with E-state index in [1.807, 2.05) is 12.4 Å². The maximum atomic E-state index is 4.09. The van der Waals surface area contributed by atoms with Crippen LogP contribution in [0.5, 0.6) is 0 Å². The topological polar surface area (TPSA) is 24.9 Å². The first-order chi connectivity index (χ1) is 8.29. The van der Waals surface area contributed by atoms with Gasteiger partial charge in [0.25, 0.3) is 0 Å². The molecular formula is C15H26N2. The fourth-order valence-electron chi connectivity index (χ4n) is 2.30. The third-order valence-electron chi connectivity index (χ3n) is 3.42. The highest BCUT2D eigenvalue weighted by atomic mass is 14.9. The number of nitrogens with zero attached hydrogens (tertiary/aromatic N) is 1. The van der Waals surface area contributed by atoms with Crippen LogP contribution in [0.15, 0.2) is 24.5 Å². The smallest absolute Gasteiger partial charge is 0.0270 e. The summed E-state index contributed by atoms with van der Waals surface area (Å²) >= 11 is 0. The van der Waals surface area contributed by atoms with Crippen molar-refractivity contribution in [1.82, 2.24) is 10.3 Å². The molecule has 1 aromatic heterocycles. The van der Waals surface area contributed by atoms with Crippen LogP contribution in [0.4, 0.5) is 0 Å². The first-order valence-electron chi connectivity index (χ1n) is 6.92. The van der Waals surface area contributed by atoms with Gasteiger partial charge >= 0.3 is 0 Å². The molecule has 0 saturated heterocycles. The van der Waals surface area contributed by atoms with Crippen molar-refractivity contribution in [2.75, 3.05) is 6.54 Å². The number of aromatic nitrogens is 1. The van der Waals surface area contributed by atoms with E-state index in [9.17, 15) is 0 Å². The van der Waals surface area contributed by atoms with Crippen LogP contribution in [-0.4, -0.2) is 17.6 Å². The lowest BCUT2D eigenvalue weighted by molar-refractivity contribution is 0.417. The van der Waals surface area contributed by atoms with Gasteiger partial charge in [-0.3, -0.25) is 4.98 Å². The molecule has 1 N–H and O–H groups in total. The molecule has 0 amide bonds. The molecule has 0 bridgehead atoms. The Morgan fingerprint density at radius 3 is 2.47 bits per heavy atom. The average Bonchev–Trinajstić information content (AvgIpc) is 2.38. The number of hydrogen-bond acceptors (Lipinski definition) is 2. The number of unbranched alkanes of at least 4 members (excludes halogenated alkanes) is 2. The largest absolute Gasteiger partial charge is 0.314 e. The molecule has 1 rings (SSSR count). The Bertz CT molecular complexity index is 284. The summed E-state index contributed by atoms with van der Waals surface area (Å²) in [6, 6.07) is 4.86. The van der Waals surface area contributed by atoms with Gasteiger partial charge in [0, 0.05) is 18.4 Å². The Hall–Kier alpha value is -0.890. The lowest BCUT2D eigenvalue weighted by Gasteiger charge is -2.25. The van der Waals surface area contributed by atoms with Crippen molar-refractivity contribution in [3.8, 4) is 0 Å². The minimum absolute atomic E-state index is 0.565. The van der Waals surface area contributed by atoms with Crippen LogP contribution < -0.4 is 5.32 Å². The van der Waals surface area contributed by atoms with Gasteiger partial charge < -0.3 is 5.32 Å². The van der Waals surface area contributed by atoms with E-state index in [2.05, 4.69) is 43.2 Å². The lowest BCUT2D eigenvalue weighted by Crippen LogP contribution is -2.33. The van der Waals surface area contributed by atoms with E-state index in [0.29, 0.717) is 12.0 Å². The summed E-state index contributed by atoms with van der Waals surface area (Å²) in [6.07, 6.45) is 9.00. The summed E-state index contributed by atoms with van der Waals surface area (Å²) in [6.45, 7) is 7.81. The predicted octanol–water partition coefficient (Wildman–Crippen LogP) is 3.74. The second kappa shape index (κ2) is 8.24. The van der Waals surface area contributed by atoms with Crippen LogP contribution >= 0.6 is 0 Å². The molecule has 1 heterocycles. The minimum Gasteiger partial charge on any atom is -0.314 e. The maximum absolute atomic E-state index is 4.09. The molecule has 0 spiro atoms. The fourth-order valence-corrected chi connectivity index (χ4v) is 2.30. The molecule has 96 valence electrons. The van der Waals surface area contributed by atoms with Crippen LogP contribution in [0, 0.1) is 0 Å². The Kier molecular flexibility index (Phi) is 6.87. The second-order valence-electron chi connectivity index (χ2n) is 4.73. The van der Waals surface area contributed by atoms with Gasteiger partial charge in [-0.05, 0) is 36.6 Å². The summed E-state index contributed by atoms with van der Waals surface area (Å²) in [5.74, 6) is 0.565. The fraction of sp³-hybridized carbons (Fsp3) is 0.667. The van der Waals surface area contributed by atoms with Crippen molar-refractivity contribution >= 4 is 0 Å². The summed E-state index contributed by atoms with van der Waals surface area (Å²) in [7, 11) is 0. The summed E-state index contributed by atoms with van der Waals surface area (Å²) in [4.78, 5) is 4.09. The van der Waals surface area contributed by atoms with E-state index in [0.717, 1.165) is 6.54 Å². The van der Waals surface area contributed by atoms with E-state index in [4.69, 9.17) is 0 Å².